The Morgan fingerprint density at radius 2 is 1.91 bits per heavy atom. The molecule has 0 aliphatic carbocycles. The number of unbranched alkanes of at least 4 members (excludes halogenated alkanes) is 3. The molecule has 0 fully saturated rings. The molecule has 0 aromatic rings. The molecule has 0 aromatic carbocycles. The minimum absolute atomic E-state index is 1.16. The Kier molecular flexibility index (Phi) is 6.00. The summed E-state index contributed by atoms with van der Waals surface area (Å²) in [6, 6.07) is 0. The Balaban J connectivity index is 3.17. The van der Waals surface area contributed by atoms with Gasteiger partial charge < -0.3 is 4.90 Å². The zero-order valence-corrected chi connectivity index (χ0v) is 8.19. The van der Waals surface area contributed by atoms with Crippen LogP contribution in [-0.2, 0) is 0 Å². The van der Waals surface area contributed by atoms with E-state index < -0.39 is 0 Å². The van der Waals surface area contributed by atoms with Crippen molar-refractivity contribution in [3.8, 4) is 0 Å². The molecule has 0 saturated carbocycles. The molecular formula is C10H21N. The summed E-state index contributed by atoms with van der Waals surface area (Å²) in [5.41, 5.74) is 1.17. The normalized spacial score (nSPS) is 9.73. The molecule has 0 amide bonds. The van der Waals surface area contributed by atoms with Crippen molar-refractivity contribution in [2.24, 2.45) is 0 Å². The lowest BCUT2D eigenvalue weighted by Gasteiger charge is -2.18. The fourth-order valence-electron chi connectivity index (χ4n) is 0.967. The molecular weight excluding hydrogens is 134 g/mol. The van der Waals surface area contributed by atoms with Crippen molar-refractivity contribution in [1.82, 2.24) is 4.90 Å². The van der Waals surface area contributed by atoms with Crippen molar-refractivity contribution >= 4 is 0 Å². The third-order valence-corrected chi connectivity index (χ3v) is 2.00. The van der Waals surface area contributed by atoms with Crippen molar-refractivity contribution < 1.29 is 0 Å². The zero-order valence-electron chi connectivity index (χ0n) is 8.19. The van der Waals surface area contributed by atoms with E-state index in [0.29, 0.717) is 0 Å². The van der Waals surface area contributed by atoms with Crippen LogP contribution in [0, 0.1) is 0 Å². The van der Waals surface area contributed by atoms with E-state index >= 15 is 0 Å². The molecule has 0 spiro atoms. The van der Waals surface area contributed by atoms with Crippen LogP contribution in [-0.4, -0.2) is 18.5 Å². The fourth-order valence-corrected chi connectivity index (χ4v) is 0.967. The van der Waals surface area contributed by atoms with Gasteiger partial charge in [-0.1, -0.05) is 32.8 Å². The Labute approximate surface area is 71.1 Å². The first-order chi connectivity index (χ1) is 5.18. The maximum Gasteiger partial charge on any atom is 0.0171 e. The predicted molar refractivity (Wildman–Crippen MR) is 51.6 cm³/mol. The number of nitrogens with zero attached hydrogens (tertiary/aromatic N) is 1. The van der Waals surface area contributed by atoms with Gasteiger partial charge in [0.05, 0.1) is 0 Å². The lowest BCUT2D eigenvalue weighted by molar-refractivity contribution is 0.401. The van der Waals surface area contributed by atoms with Crippen molar-refractivity contribution in [1.29, 1.82) is 0 Å². The van der Waals surface area contributed by atoms with E-state index in [-0.39, 0.29) is 0 Å². The van der Waals surface area contributed by atoms with Crippen LogP contribution in [0.25, 0.3) is 0 Å². The van der Waals surface area contributed by atoms with Gasteiger partial charge in [0.25, 0.3) is 0 Å². The first-order valence-electron chi connectivity index (χ1n) is 4.55. The number of hydrogen-bond acceptors (Lipinski definition) is 1. The SMILES string of the molecule is C=C(C)N(C)CCCCCC. The Morgan fingerprint density at radius 1 is 1.27 bits per heavy atom. The molecule has 1 heteroatoms. The van der Waals surface area contributed by atoms with Crippen LogP contribution in [0.4, 0.5) is 0 Å². The van der Waals surface area contributed by atoms with E-state index in [0.717, 1.165) is 6.54 Å². The summed E-state index contributed by atoms with van der Waals surface area (Å²) >= 11 is 0. The van der Waals surface area contributed by atoms with Gasteiger partial charge >= 0.3 is 0 Å². The third kappa shape index (κ3) is 5.96. The summed E-state index contributed by atoms with van der Waals surface area (Å²) in [6.07, 6.45) is 5.34. The Hall–Kier alpha value is -0.460. The largest absolute Gasteiger partial charge is 0.379 e. The molecule has 0 aliphatic rings. The molecule has 0 atom stereocenters. The van der Waals surface area contributed by atoms with Crippen LogP contribution in [0.15, 0.2) is 12.3 Å². The maximum atomic E-state index is 3.88. The molecule has 0 saturated heterocycles. The summed E-state index contributed by atoms with van der Waals surface area (Å²) in [5.74, 6) is 0. The van der Waals surface area contributed by atoms with Gasteiger partial charge in [-0.3, -0.25) is 0 Å². The smallest absolute Gasteiger partial charge is 0.0171 e. The lowest BCUT2D eigenvalue weighted by atomic mass is 10.2. The van der Waals surface area contributed by atoms with Gasteiger partial charge in [-0.05, 0) is 13.3 Å². The van der Waals surface area contributed by atoms with Crippen molar-refractivity contribution in [2.75, 3.05) is 13.6 Å². The Morgan fingerprint density at radius 3 is 2.36 bits per heavy atom. The molecule has 0 heterocycles. The van der Waals surface area contributed by atoms with Gasteiger partial charge in [0.15, 0.2) is 0 Å². The monoisotopic (exact) mass is 155 g/mol. The summed E-state index contributed by atoms with van der Waals surface area (Å²) in [5, 5.41) is 0. The van der Waals surface area contributed by atoms with E-state index in [1.54, 1.807) is 0 Å². The minimum Gasteiger partial charge on any atom is -0.379 e. The first-order valence-corrected chi connectivity index (χ1v) is 4.55. The van der Waals surface area contributed by atoms with Gasteiger partial charge in [-0.15, -0.1) is 0 Å². The topological polar surface area (TPSA) is 3.24 Å². The number of allylic oxidation sites excluding steroid dienone is 1. The van der Waals surface area contributed by atoms with Crippen molar-refractivity contribution in [3.63, 3.8) is 0 Å². The molecule has 0 aromatic heterocycles. The second-order valence-corrected chi connectivity index (χ2v) is 3.22. The summed E-state index contributed by atoms with van der Waals surface area (Å²) < 4.78 is 0. The first kappa shape index (κ1) is 10.5. The van der Waals surface area contributed by atoms with E-state index in [2.05, 4.69) is 32.4 Å². The predicted octanol–water partition coefficient (Wildman–Crippen LogP) is 3.03. The maximum absolute atomic E-state index is 3.88. The second-order valence-electron chi connectivity index (χ2n) is 3.22. The number of hydrogen-bond donors (Lipinski definition) is 0. The molecule has 66 valence electrons. The van der Waals surface area contributed by atoms with E-state index in [1.807, 2.05) is 0 Å². The molecule has 1 nitrogen and oxygen atoms in total. The van der Waals surface area contributed by atoms with Crippen LogP contribution >= 0.6 is 0 Å². The second kappa shape index (κ2) is 6.26. The standard InChI is InChI=1S/C10H21N/c1-5-6-7-8-9-11(4)10(2)3/h2,5-9H2,1,3-4H3. The van der Waals surface area contributed by atoms with Gasteiger partial charge in [0, 0.05) is 19.3 Å². The average molecular weight is 155 g/mol. The summed E-state index contributed by atoms with van der Waals surface area (Å²) in [4.78, 5) is 2.22. The highest BCUT2D eigenvalue weighted by Gasteiger charge is 1.94. The van der Waals surface area contributed by atoms with Crippen molar-refractivity contribution in [3.05, 3.63) is 12.3 Å². The van der Waals surface area contributed by atoms with E-state index in [9.17, 15) is 0 Å². The summed E-state index contributed by atoms with van der Waals surface area (Å²) in [7, 11) is 2.11. The highest BCUT2D eigenvalue weighted by Crippen LogP contribution is 2.02. The van der Waals surface area contributed by atoms with Crippen molar-refractivity contribution in [2.45, 2.75) is 39.5 Å². The molecule has 0 aliphatic heterocycles. The lowest BCUT2D eigenvalue weighted by Crippen LogP contribution is -2.16. The Bertz CT molecular complexity index is 107. The van der Waals surface area contributed by atoms with Crippen LogP contribution < -0.4 is 0 Å². The highest BCUT2D eigenvalue weighted by atomic mass is 15.1. The minimum atomic E-state index is 1.16. The van der Waals surface area contributed by atoms with Crippen LogP contribution in [0.3, 0.4) is 0 Å². The summed E-state index contributed by atoms with van der Waals surface area (Å²) in [6.45, 7) is 9.34. The molecule has 0 N–H and O–H groups in total. The van der Waals surface area contributed by atoms with Crippen LogP contribution in [0.5, 0.6) is 0 Å². The fraction of sp³-hybridized carbons (Fsp3) is 0.800. The van der Waals surface area contributed by atoms with Crippen LogP contribution in [0.1, 0.15) is 39.5 Å². The quantitative estimate of drug-likeness (QED) is 0.533. The third-order valence-electron chi connectivity index (χ3n) is 2.00. The molecule has 11 heavy (non-hydrogen) atoms. The molecule has 0 radical (unpaired) electrons. The average Bonchev–Trinajstić information content (AvgIpc) is 1.97. The van der Waals surface area contributed by atoms with E-state index in [1.165, 1.54) is 31.4 Å². The van der Waals surface area contributed by atoms with Crippen LogP contribution in [0.2, 0.25) is 0 Å². The van der Waals surface area contributed by atoms with Gasteiger partial charge in [0.2, 0.25) is 0 Å². The van der Waals surface area contributed by atoms with Gasteiger partial charge in [0.1, 0.15) is 0 Å². The van der Waals surface area contributed by atoms with Gasteiger partial charge in [-0.2, -0.15) is 0 Å². The molecule has 0 bridgehead atoms. The van der Waals surface area contributed by atoms with Gasteiger partial charge in [-0.25, -0.2) is 0 Å². The highest BCUT2D eigenvalue weighted by molar-refractivity contribution is 4.85. The molecule has 0 unspecified atom stereocenters. The van der Waals surface area contributed by atoms with E-state index in [4.69, 9.17) is 0 Å². The zero-order chi connectivity index (χ0) is 8.69. The number of rotatable bonds is 6. The molecule has 0 rings (SSSR count).